The molecule has 59 heavy (non-hydrogen) atoms. The number of cyclic esters (lactones) is 2. The van der Waals surface area contributed by atoms with Crippen LogP contribution in [-0.2, 0) is 51.1 Å². The van der Waals surface area contributed by atoms with E-state index in [2.05, 4.69) is 20.9 Å². The van der Waals surface area contributed by atoms with Crippen molar-refractivity contribution in [2.45, 2.75) is 110 Å². The van der Waals surface area contributed by atoms with Crippen molar-refractivity contribution in [2.24, 2.45) is 17.3 Å². The number of halogens is 1. The lowest BCUT2D eigenvalue weighted by Crippen LogP contribution is -2.51. The van der Waals surface area contributed by atoms with Crippen LogP contribution >= 0.6 is 11.6 Å². The topological polar surface area (TPSA) is 201 Å². The van der Waals surface area contributed by atoms with Gasteiger partial charge in [0.05, 0.1) is 35.9 Å². The van der Waals surface area contributed by atoms with E-state index in [1.165, 1.54) is 13.2 Å². The lowest BCUT2D eigenvalue weighted by atomic mass is 9.92. The maximum Gasteiger partial charge on any atom is 0.347 e. The van der Waals surface area contributed by atoms with Gasteiger partial charge in [-0.3, -0.25) is 19.2 Å². The second kappa shape index (κ2) is 19.6. The van der Waals surface area contributed by atoms with Crippen LogP contribution in [0.5, 0.6) is 5.75 Å². The summed E-state index contributed by atoms with van der Waals surface area (Å²) in [5.41, 5.74) is 1.67. The molecule has 3 heterocycles. The minimum atomic E-state index is -1.24. The number of aromatic nitrogens is 3. The molecular formula is C43H54ClN5O10. The summed E-state index contributed by atoms with van der Waals surface area (Å²) in [6, 6.07) is 11.8. The highest BCUT2D eigenvalue weighted by atomic mass is 35.5. The minimum Gasteiger partial charge on any atom is -0.495 e. The first-order valence-electron chi connectivity index (χ1n) is 19.8. The van der Waals surface area contributed by atoms with Crippen molar-refractivity contribution >= 4 is 41.3 Å². The van der Waals surface area contributed by atoms with Crippen molar-refractivity contribution < 1.29 is 48.0 Å². The lowest BCUT2D eigenvalue weighted by Gasteiger charge is -2.29. The molecule has 3 aromatic rings. The van der Waals surface area contributed by atoms with E-state index in [1.54, 1.807) is 55.9 Å². The summed E-state index contributed by atoms with van der Waals surface area (Å²) in [6.07, 6.45) is 2.79. The number of rotatable bonds is 13. The molecule has 1 fully saturated rings. The van der Waals surface area contributed by atoms with Crippen molar-refractivity contribution in [1.82, 2.24) is 25.6 Å². The van der Waals surface area contributed by atoms with Gasteiger partial charge in [0.25, 0.3) is 0 Å². The van der Waals surface area contributed by atoms with Gasteiger partial charge < -0.3 is 34.7 Å². The number of hydrogen-bond acceptors (Lipinski definition) is 11. The molecule has 318 valence electrons. The van der Waals surface area contributed by atoms with Crippen molar-refractivity contribution in [3.05, 3.63) is 88.2 Å². The van der Waals surface area contributed by atoms with Crippen LogP contribution in [0.3, 0.4) is 0 Å². The molecule has 0 radical (unpaired) electrons. The Hall–Kier alpha value is -5.28. The Bertz CT molecular complexity index is 2010. The third kappa shape index (κ3) is 11.9. The van der Waals surface area contributed by atoms with Crippen molar-refractivity contribution in [3.63, 3.8) is 0 Å². The highest BCUT2D eigenvalue weighted by molar-refractivity contribution is 6.32. The summed E-state index contributed by atoms with van der Waals surface area (Å²) in [4.78, 5) is 65.8. The summed E-state index contributed by atoms with van der Waals surface area (Å²) >= 11 is 6.35. The number of nitrogens with one attached hydrogen (secondary N) is 2. The van der Waals surface area contributed by atoms with E-state index in [1.807, 2.05) is 45.0 Å². The minimum absolute atomic E-state index is 0.0239. The summed E-state index contributed by atoms with van der Waals surface area (Å²) < 4.78 is 24.9. The summed E-state index contributed by atoms with van der Waals surface area (Å²) in [5, 5.41) is 23.5. The van der Waals surface area contributed by atoms with E-state index >= 15 is 0 Å². The molecular weight excluding hydrogens is 782 g/mol. The predicted molar refractivity (Wildman–Crippen MR) is 216 cm³/mol. The number of ether oxygens (including phenoxy) is 4. The quantitative estimate of drug-likeness (QED) is 0.148. The van der Waals surface area contributed by atoms with Crippen LogP contribution in [0.25, 0.3) is 0 Å². The van der Waals surface area contributed by atoms with Crippen LogP contribution in [-0.4, -0.2) is 87.8 Å². The van der Waals surface area contributed by atoms with Gasteiger partial charge in [0.15, 0.2) is 6.10 Å². The molecule has 7 atom stereocenters. The third-order valence-electron chi connectivity index (χ3n) is 10.6. The van der Waals surface area contributed by atoms with Gasteiger partial charge in [0, 0.05) is 31.5 Å². The number of carboxylic acids is 1. The number of benzene rings is 2. The van der Waals surface area contributed by atoms with E-state index < -0.39 is 59.3 Å². The fraction of sp³-hybridized carbons (Fsp3) is 0.512. The first-order valence-corrected chi connectivity index (χ1v) is 20.2. The van der Waals surface area contributed by atoms with Crippen LogP contribution in [0.4, 0.5) is 0 Å². The third-order valence-corrected chi connectivity index (χ3v) is 10.8. The molecule has 3 N–H and O–H groups in total. The Balaban J connectivity index is 1.34. The summed E-state index contributed by atoms with van der Waals surface area (Å²) in [7, 11) is 1.50. The Kier molecular flexibility index (Phi) is 14.9. The highest BCUT2D eigenvalue weighted by Gasteiger charge is 2.48. The molecule has 0 bridgehead atoms. The largest absolute Gasteiger partial charge is 0.495 e. The van der Waals surface area contributed by atoms with Gasteiger partial charge in [-0.2, -0.15) is 0 Å². The van der Waals surface area contributed by atoms with Gasteiger partial charge >= 0.3 is 17.9 Å². The van der Waals surface area contributed by atoms with E-state index in [0.29, 0.717) is 35.0 Å². The molecule has 1 unspecified atom stereocenters. The second-order valence-electron chi connectivity index (χ2n) is 16.2. The molecule has 15 nitrogen and oxygen atoms in total. The Morgan fingerprint density at radius 3 is 2.42 bits per heavy atom. The van der Waals surface area contributed by atoms with Gasteiger partial charge in [-0.05, 0) is 67.5 Å². The summed E-state index contributed by atoms with van der Waals surface area (Å²) in [5.74, 6) is -4.04. The zero-order valence-electron chi connectivity index (χ0n) is 34.5. The maximum atomic E-state index is 13.8. The molecule has 0 aliphatic carbocycles. The van der Waals surface area contributed by atoms with Crippen molar-refractivity contribution in [3.8, 4) is 5.75 Å². The zero-order chi connectivity index (χ0) is 43.0. The molecule has 0 spiro atoms. The van der Waals surface area contributed by atoms with E-state index in [4.69, 9.17) is 30.5 Å². The number of carbonyl (C=O) groups is 5. The molecule has 2 aliphatic rings. The molecule has 2 aliphatic heterocycles. The van der Waals surface area contributed by atoms with Crippen molar-refractivity contribution in [1.29, 1.82) is 0 Å². The molecule has 1 saturated heterocycles. The molecule has 5 rings (SSSR count). The number of nitrogens with zero attached hydrogens (tertiary/aromatic N) is 3. The smallest absolute Gasteiger partial charge is 0.347 e. The first kappa shape index (κ1) is 44.8. The average Bonchev–Trinajstić information content (AvgIpc) is 3.86. The van der Waals surface area contributed by atoms with Gasteiger partial charge in [-0.15, -0.1) is 5.10 Å². The number of hydrogen-bond donors (Lipinski definition) is 3. The molecule has 16 heteroatoms. The molecule has 2 amide bonds. The van der Waals surface area contributed by atoms with Gasteiger partial charge in [0.2, 0.25) is 11.8 Å². The van der Waals surface area contributed by atoms with E-state index in [9.17, 15) is 29.1 Å². The number of aliphatic carboxylic acids is 1. The van der Waals surface area contributed by atoms with Crippen LogP contribution in [0.15, 0.2) is 60.8 Å². The van der Waals surface area contributed by atoms with Crippen LogP contribution in [0, 0.1) is 17.3 Å². The Labute approximate surface area is 349 Å². The molecule has 1 aromatic heterocycles. The van der Waals surface area contributed by atoms with Crippen molar-refractivity contribution in [2.75, 3.05) is 13.7 Å². The predicted octanol–water partition coefficient (Wildman–Crippen LogP) is 5.34. The standard InChI is InChI=1S/C43H54ClN5O10/c1-8-29(40(52)53)32-22-49(48-47-32)21-26-12-15-28(16-13-26)38-37(59-38)25(4)33-10-9-11-36(50)46-31(20-27-14-17-34(56-7)30(44)19-27)39(51)45-23-43(5,6)42(55)58-35(18-24(2)3)41(54)57-33/h9,11-17,19,22,24-25,29,31,33,35,37-38H,8,10,18,20-21,23H2,1-7H3,(H,45,51)(H,46,50)(H,52,53)/t25-,29?,31+,33-,35-,37+,38+/m0/s1. The van der Waals surface area contributed by atoms with E-state index in [-0.39, 0.29) is 49.9 Å². The van der Waals surface area contributed by atoms with Gasteiger partial charge in [0.1, 0.15) is 29.9 Å². The lowest BCUT2D eigenvalue weighted by molar-refractivity contribution is -0.179. The maximum absolute atomic E-state index is 13.8. The normalized spacial score (nSPS) is 23.7. The highest BCUT2D eigenvalue weighted by Crippen LogP contribution is 2.45. The number of carboxylic acid groups (broad SMARTS) is 1. The van der Waals surface area contributed by atoms with Crippen LogP contribution in [0.1, 0.15) is 95.2 Å². The number of esters is 2. The number of amides is 2. The number of carbonyl (C=O) groups excluding carboxylic acids is 4. The zero-order valence-corrected chi connectivity index (χ0v) is 35.2. The van der Waals surface area contributed by atoms with Crippen LogP contribution in [0.2, 0.25) is 5.02 Å². The Morgan fingerprint density at radius 2 is 1.78 bits per heavy atom. The molecule has 2 aromatic carbocycles. The average molecular weight is 836 g/mol. The number of epoxide rings is 1. The van der Waals surface area contributed by atoms with E-state index in [0.717, 1.165) is 11.1 Å². The molecule has 0 saturated carbocycles. The van der Waals surface area contributed by atoms with Gasteiger partial charge in [-0.1, -0.05) is 80.9 Å². The monoisotopic (exact) mass is 835 g/mol. The second-order valence-corrected chi connectivity index (χ2v) is 16.6. The SMILES string of the molecule is CCC(C(=O)O)c1cn(Cc2ccc([C@H]3O[C@@H]3[C@@H](C)[C@@H]3CC=CC(=O)N[C@H](Cc4ccc(OC)c(Cl)c4)C(=O)NCC(C)(C)C(=O)O[C@@H](CC(C)C)C(=O)O3)cc2)nn1. The van der Waals surface area contributed by atoms with Gasteiger partial charge in [-0.25, -0.2) is 9.48 Å². The number of methoxy groups -OCH3 is 1. The van der Waals surface area contributed by atoms with Crippen LogP contribution < -0.4 is 15.4 Å². The fourth-order valence-corrected chi connectivity index (χ4v) is 7.16. The summed E-state index contributed by atoms with van der Waals surface area (Å²) in [6.45, 7) is 11.0. The Morgan fingerprint density at radius 1 is 1.07 bits per heavy atom. The first-order chi connectivity index (χ1) is 28.0. The fourth-order valence-electron chi connectivity index (χ4n) is 6.88.